The van der Waals surface area contributed by atoms with Gasteiger partial charge in [0.05, 0.1) is 12.3 Å². The van der Waals surface area contributed by atoms with E-state index in [1.807, 2.05) is 0 Å². The van der Waals surface area contributed by atoms with Crippen molar-refractivity contribution >= 4 is 11.7 Å². The first kappa shape index (κ1) is 13.3. The molecule has 0 bridgehead atoms. The fraction of sp³-hybridized carbons (Fsp3) is 0.364. The molecule has 17 heavy (non-hydrogen) atoms. The second-order valence-corrected chi connectivity index (χ2v) is 3.34. The van der Waals surface area contributed by atoms with E-state index >= 15 is 0 Å². The van der Waals surface area contributed by atoms with Crippen LogP contribution in [-0.2, 0) is 9.53 Å². The number of carbonyl (C=O) groups is 1. The van der Waals surface area contributed by atoms with Gasteiger partial charge in [-0.05, 0) is 26.0 Å². The average molecular weight is 247 g/mol. The van der Waals surface area contributed by atoms with Gasteiger partial charge in [-0.2, -0.15) is 0 Å². The van der Waals surface area contributed by atoms with Crippen molar-refractivity contribution in [1.29, 1.82) is 0 Å². The maximum Gasteiger partial charge on any atom is 0.328 e. The summed E-state index contributed by atoms with van der Waals surface area (Å²) in [7, 11) is 0. The number of benzene rings is 1. The number of rotatable bonds is 4. The second kappa shape index (κ2) is 5.56. The van der Waals surface area contributed by atoms with Crippen LogP contribution in [0.1, 0.15) is 13.8 Å². The van der Waals surface area contributed by atoms with E-state index in [1.54, 1.807) is 6.92 Å². The van der Waals surface area contributed by atoms with Crippen LogP contribution in [0, 0.1) is 17.5 Å². The Hall–Kier alpha value is -1.72. The molecule has 0 aromatic heterocycles. The number of ether oxygens (including phenoxy) is 1. The van der Waals surface area contributed by atoms with Crippen LogP contribution in [0.15, 0.2) is 12.1 Å². The fourth-order valence-corrected chi connectivity index (χ4v) is 1.20. The highest BCUT2D eigenvalue weighted by Crippen LogP contribution is 2.20. The van der Waals surface area contributed by atoms with Crippen molar-refractivity contribution in [2.75, 3.05) is 11.9 Å². The van der Waals surface area contributed by atoms with Gasteiger partial charge in [0.25, 0.3) is 0 Å². The lowest BCUT2D eigenvalue weighted by Crippen LogP contribution is -2.28. The summed E-state index contributed by atoms with van der Waals surface area (Å²) < 4.78 is 43.4. The predicted molar refractivity (Wildman–Crippen MR) is 56.0 cm³/mol. The number of hydrogen-bond donors (Lipinski definition) is 1. The largest absolute Gasteiger partial charge is 0.464 e. The minimum Gasteiger partial charge on any atom is -0.464 e. The third-order valence-corrected chi connectivity index (χ3v) is 2.05. The lowest BCUT2D eigenvalue weighted by atomic mass is 10.2. The van der Waals surface area contributed by atoms with Gasteiger partial charge >= 0.3 is 5.97 Å². The van der Waals surface area contributed by atoms with Crippen molar-refractivity contribution in [2.45, 2.75) is 19.9 Å². The topological polar surface area (TPSA) is 38.3 Å². The maximum absolute atomic E-state index is 13.2. The van der Waals surface area contributed by atoms with E-state index in [4.69, 9.17) is 0 Å². The van der Waals surface area contributed by atoms with Crippen LogP contribution in [0.5, 0.6) is 0 Å². The normalized spacial score (nSPS) is 12.1. The zero-order valence-corrected chi connectivity index (χ0v) is 9.39. The summed E-state index contributed by atoms with van der Waals surface area (Å²) in [5.74, 6) is -4.82. The zero-order chi connectivity index (χ0) is 13.0. The van der Waals surface area contributed by atoms with E-state index in [2.05, 4.69) is 10.1 Å². The molecular formula is C11H12F3NO2. The van der Waals surface area contributed by atoms with Crippen LogP contribution in [-0.4, -0.2) is 18.6 Å². The predicted octanol–water partition coefficient (Wildman–Crippen LogP) is 2.47. The molecule has 0 aliphatic heterocycles. The molecule has 0 heterocycles. The SMILES string of the molecule is CCOC(=O)C(C)Nc1ccc(F)c(F)c1F. The molecule has 1 atom stereocenters. The third kappa shape index (κ3) is 3.12. The van der Waals surface area contributed by atoms with Gasteiger partial charge in [-0.15, -0.1) is 0 Å². The molecule has 0 aliphatic rings. The number of carbonyl (C=O) groups excluding carboxylic acids is 1. The summed E-state index contributed by atoms with van der Waals surface area (Å²) in [5, 5.41) is 2.41. The summed E-state index contributed by atoms with van der Waals surface area (Å²) in [5.41, 5.74) is -0.288. The summed E-state index contributed by atoms with van der Waals surface area (Å²) in [6.07, 6.45) is 0. The first-order chi connectivity index (χ1) is 7.97. The van der Waals surface area contributed by atoms with E-state index in [9.17, 15) is 18.0 Å². The molecule has 0 aliphatic carbocycles. The Morgan fingerprint density at radius 2 is 2.00 bits per heavy atom. The molecule has 1 aromatic rings. The fourth-order valence-electron chi connectivity index (χ4n) is 1.20. The second-order valence-electron chi connectivity index (χ2n) is 3.34. The summed E-state index contributed by atoms with van der Waals surface area (Å²) in [6.45, 7) is 3.24. The molecule has 0 radical (unpaired) electrons. The Kier molecular flexibility index (Phi) is 4.37. The number of hydrogen-bond acceptors (Lipinski definition) is 3. The highest BCUT2D eigenvalue weighted by Gasteiger charge is 2.18. The molecular weight excluding hydrogens is 235 g/mol. The first-order valence-corrected chi connectivity index (χ1v) is 5.04. The molecule has 1 unspecified atom stereocenters. The van der Waals surface area contributed by atoms with Crippen LogP contribution in [0.25, 0.3) is 0 Å². The van der Waals surface area contributed by atoms with Crippen molar-refractivity contribution < 1.29 is 22.7 Å². The van der Waals surface area contributed by atoms with Crippen LogP contribution in [0.4, 0.5) is 18.9 Å². The van der Waals surface area contributed by atoms with Gasteiger partial charge < -0.3 is 10.1 Å². The highest BCUT2D eigenvalue weighted by molar-refractivity contribution is 5.78. The number of anilines is 1. The van der Waals surface area contributed by atoms with Gasteiger partial charge in [0.1, 0.15) is 6.04 Å². The van der Waals surface area contributed by atoms with E-state index < -0.39 is 29.5 Å². The Morgan fingerprint density at radius 3 is 2.59 bits per heavy atom. The zero-order valence-electron chi connectivity index (χ0n) is 9.39. The summed E-state index contributed by atoms with van der Waals surface area (Å²) >= 11 is 0. The first-order valence-electron chi connectivity index (χ1n) is 5.04. The minimum atomic E-state index is -1.58. The average Bonchev–Trinajstić information content (AvgIpc) is 2.30. The number of esters is 1. The standard InChI is InChI=1S/C11H12F3NO2/c1-3-17-11(16)6(2)15-8-5-4-7(12)9(13)10(8)14/h4-6,15H,3H2,1-2H3. The van der Waals surface area contributed by atoms with Gasteiger partial charge in [-0.25, -0.2) is 18.0 Å². The van der Waals surface area contributed by atoms with Crippen molar-refractivity contribution in [2.24, 2.45) is 0 Å². The molecule has 1 aromatic carbocycles. The quantitative estimate of drug-likeness (QED) is 0.656. The van der Waals surface area contributed by atoms with E-state index in [0.29, 0.717) is 0 Å². The summed E-state index contributed by atoms with van der Waals surface area (Å²) in [4.78, 5) is 11.2. The molecule has 0 spiro atoms. The van der Waals surface area contributed by atoms with Crippen LogP contribution in [0.2, 0.25) is 0 Å². The Labute approximate surface area is 96.6 Å². The lowest BCUT2D eigenvalue weighted by Gasteiger charge is -2.14. The van der Waals surface area contributed by atoms with Gasteiger partial charge in [0.2, 0.25) is 0 Å². The van der Waals surface area contributed by atoms with Crippen LogP contribution >= 0.6 is 0 Å². The minimum absolute atomic E-state index is 0.186. The molecule has 1 N–H and O–H groups in total. The molecule has 0 fully saturated rings. The molecule has 3 nitrogen and oxygen atoms in total. The van der Waals surface area contributed by atoms with Gasteiger partial charge in [-0.1, -0.05) is 0 Å². The third-order valence-electron chi connectivity index (χ3n) is 2.05. The molecule has 0 saturated carbocycles. The maximum atomic E-state index is 13.2. The van der Waals surface area contributed by atoms with Crippen molar-refractivity contribution in [3.05, 3.63) is 29.6 Å². The summed E-state index contributed by atoms with van der Waals surface area (Å²) in [6, 6.07) is 0.941. The number of nitrogens with one attached hydrogen (secondary N) is 1. The van der Waals surface area contributed by atoms with Gasteiger partial charge in [-0.3, -0.25) is 0 Å². The molecule has 0 saturated heterocycles. The smallest absolute Gasteiger partial charge is 0.328 e. The monoisotopic (exact) mass is 247 g/mol. The van der Waals surface area contributed by atoms with Gasteiger partial charge in [0, 0.05) is 0 Å². The molecule has 94 valence electrons. The van der Waals surface area contributed by atoms with E-state index in [1.165, 1.54) is 6.92 Å². The Morgan fingerprint density at radius 1 is 1.35 bits per heavy atom. The van der Waals surface area contributed by atoms with Crippen molar-refractivity contribution in [3.8, 4) is 0 Å². The molecule has 1 rings (SSSR count). The molecule has 0 amide bonds. The van der Waals surface area contributed by atoms with Crippen LogP contribution < -0.4 is 5.32 Å². The van der Waals surface area contributed by atoms with Crippen molar-refractivity contribution in [3.63, 3.8) is 0 Å². The van der Waals surface area contributed by atoms with Gasteiger partial charge in [0.15, 0.2) is 17.5 Å². The molecule has 6 heteroatoms. The number of halogens is 3. The lowest BCUT2D eigenvalue weighted by molar-refractivity contribution is -0.143. The Bertz CT molecular complexity index is 423. The van der Waals surface area contributed by atoms with Crippen LogP contribution in [0.3, 0.4) is 0 Å². The van der Waals surface area contributed by atoms with Crippen molar-refractivity contribution in [1.82, 2.24) is 0 Å². The highest BCUT2D eigenvalue weighted by atomic mass is 19.2. The van der Waals surface area contributed by atoms with E-state index in [0.717, 1.165) is 12.1 Å². The van der Waals surface area contributed by atoms with E-state index in [-0.39, 0.29) is 12.3 Å². The Balaban J connectivity index is 2.82.